The molecule has 3 aliphatic heterocycles. The van der Waals surface area contributed by atoms with Gasteiger partial charge in [0, 0.05) is 37.2 Å². The second kappa shape index (κ2) is 9.51. The molecular formula is C25H29B2N3O5. The number of nitrogens with zero attached hydrogens (tertiary/aromatic N) is 2. The van der Waals surface area contributed by atoms with E-state index in [0.29, 0.717) is 17.7 Å². The predicted molar refractivity (Wildman–Crippen MR) is 134 cm³/mol. The van der Waals surface area contributed by atoms with E-state index in [-0.39, 0.29) is 24.8 Å². The maximum absolute atomic E-state index is 13.1. The van der Waals surface area contributed by atoms with Gasteiger partial charge in [0.1, 0.15) is 11.8 Å². The van der Waals surface area contributed by atoms with Crippen LogP contribution in [0, 0.1) is 0 Å². The fourth-order valence-electron chi connectivity index (χ4n) is 5.02. The Labute approximate surface area is 206 Å². The topological polar surface area (TPSA) is 88.2 Å². The molecule has 1 N–H and O–H groups in total. The number of hydrogen-bond acceptors (Lipinski definition) is 6. The summed E-state index contributed by atoms with van der Waals surface area (Å²) in [6.45, 7) is 4.64. The summed E-state index contributed by atoms with van der Waals surface area (Å²) in [6, 6.07) is 13.3. The van der Waals surface area contributed by atoms with Crippen LogP contribution in [0.5, 0.6) is 5.75 Å². The first-order valence-electron chi connectivity index (χ1n) is 12.2. The summed E-state index contributed by atoms with van der Waals surface area (Å²) in [6.07, 6.45) is 0.567. The third-order valence-corrected chi connectivity index (χ3v) is 7.06. The van der Waals surface area contributed by atoms with Crippen LogP contribution < -0.4 is 10.1 Å². The van der Waals surface area contributed by atoms with Crippen molar-refractivity contribution in [2.45, 2.75) is 37.4 Å². The molecule has 1 atom stereocenters. The van der Waals surface area contributed by atoms with Crippen molar-refractivity contribution in [1.29, 1.82) is 0 Å². The molecule has 3 aliphatic rings. The first-order valence-corrected chi connectivity index (χ1v) is 12.2. The van der Waals surface area contributed by atoms with Crippen LogP contribution in [0.15, 0.2) is 42.5 Å². The minimum Gasteiger partial charge on any atom is -0.501 e. The van der Waals surface area contributed by atoms with E-state index in [2.05, 4.69) is 34.5 Å². The Morgan fingerprint density at radius 3 is 2.51 bits per heavy atom. The number of carbonyl (C=O) groups excluding carboxylic acids is 3. The average Bonchev–Trinajstić information content (AvgIpc) is 3.17. The number of imide groups is 1. The number of piperidine rings is 1. The predicted octanol–water partition coefficient (Wildman–Crippen LogP) is -0.265. The Morgan fingerprint density at radius 1 is 1.06 bits per heavy atom. The SMILES string of the molecule is BC(B)(Oc1cccc2c1CN(C1CCC(=O)NC1=O)C2=O)c1ccc(CN2CCOCC2)cc1. The number of amides is 3. The molecule has 0 saturated carbocycles. The number of benzene rings is 2. The lowest BCUT2D eigenvalue weighted by Gasteiger charge is -2.30. The van der Waals surface area contributed by atoms with E-state index in [1.807, 2.05) is 27.8 Å². The summed E-state index contributed by atoms with van der Waals surface area (Å²) in [4.78, 5) is 41.0. The molecule has 0 aliphatic carbocycles. The molecule has 2 aromatic rings. The van der Waals surface area contributed by atoms with Crippen molar-refractivity contribution in [2.75, 3.05) is 26.3 Å². The van der Waals surface area contributed by atoms with Crippen LogP contribution in [0.1, 0.15) is 39.9 Å². The molecule has 2 aromatic carbocycles. The van der Waals surface area contributed by atoms with Gasteiger partial charge in [0.15, 0.2) is 15.7 Å². The van der Waals surface area contributed by atoms with Crippen LogP contribution in [0.3, 0.4) is 0 Å². The van der Waals surface area contributed by atoms with Crippen molar-refractivity contribution >= 4 is 33.4 Å². The Hall–Kier alpha value is -3.10. The number of ether oxygens (including phenoxy) is 2. The Balaban J connectivity index is 1.31. The van der Waals surface area contributed by atoms with Gasteiger partial charge in [-0.05, 0) is 29.7 Å². The van der Waals surface area contributed by atoms with Crippen molar-refractivity contribution in [2.24, 2.45) is 0 Å². The summed E-state index contributed by atoms with van der Waals surface area (Å²) in [5.41, 5.74) is 3.60. The van der Waals surface area contributed by atoms with Gasteiger partial charge >= 0.3 is 0 Å². The normalized spacial score (nSPS) is 21.1. The maximum Gasteiger partial charge on any atom is 0.255 e. The molecule has 8 nitrogen and oxygen atoms in total. The van der Waals surface area contributed by atoms with Crippen LogP contribution >= 0.6 is 0 Å². The van der Waals surface area contributed by atoms with Crippen molar-refractivity contribution in [1.82, 2.24) is 15.1 Å². The monoisotopic (exact) mass is 473 g/mol. The molecule has 10 heteroatoms. The largest absolute Gasteiger partial charge is 0.501 e. The highest BCUT2D eigenvalue weighted by molar-refractivity contribution is 6.39. The van der Waals surface area contributed by atoms with E-state index in [1.54, 1.807) is 11.0 Å². The van der Waals surface area contributed by atoms with Gasteiger partial charge in [-0.2, -0.15) is 0 Å². The molecule has 0 aromatic heterocycles. The summed E-state index contributed by atoms with van der Waals surface area (Å²) in [5.74, 6) is -0.280. The first kappa shape index (κ1) is 23.6. The fourth-order valence-corrected chi connectivity index (χ4v) is 5.02. The van der Waals surface area contributed by atoms with Crippen LogP contribution in [-0.4, -0.2) is 75.6 Å². The Morgan fingerprint density at radius 2 is 1.80 bits per heavy atom. The number of carbonyl (C=O) groups is 3. The molecule has 1 unspecified atom stereocenters. The number of nitrogens with one attached hydrogen (secondary N) is 1. The average molecular weight is 473 g/mol. The minimum atomic E-state index is -0.646. The fraction of sp³-hybridized carbons (Fsp3) is 0.400. The summed E-state index contributed by atoms with van der Waals surface area (Å²) in [7, 11) is 4.02. The second-order valence-corrected chi connectivity index (χ2v) is 9.88. The Bertz CT molecular complexity index is 1150. The van der Waals surface area contributed by atoms with Gasteiger partial charge in [-0.25, -0.2) is 0 Å². The maximum atomic E-state index is 13.1. The molecule has 3 heterocycles. The molecule has 0 radical (unpaired) electrons. The van der Waals surface area contributed by atoms with Gasteiger partial charge in [-0.15, -0.1) is 0 Å². The van der Waals surface area contributed by atoms with E-state index in [0.717, 1.165) is 44.0 Å². The number of hydrogen-bond donors (Lipinski definition) is 1. The van der Waals surface area contributed by atoms with Gasteiger partial charge in [0.2, 0.25) is 11.8 Å². The van der Waals surface area contributed by atoms with Crippen LogP contribution in [0.4, 0.5) is 0 Å². The molecule has 3 amide bonds. The van der Waals surface area contributed by atoms with Gasteiger partial charge in [-0.1, -0.05) is 30.3 Å². The standard InChI is InChI=1S/C25H29B2N3O5/c26-25(27,17-6-4-16(5-7-17)14-29-10-12-34-13-11-29)35-21-3-1-2-18-19(21)15-30(24(18)33)20-8-9-22(31)28-23(20)32/h1-7,20H,8-15,26-27H2,(H,28,31,32). The third kappa shape index (κ3) is 4.86. The van der Waals surface area contributed by atoms with Crippen LogP contribution in [0.25, 0.3) is 0 Å². The van der Waals surface area contributed by atoms with Gasteiger partial charge in [0.05, 0.1) is 25.2 Å². The second-order valence-electron chi connectivity index (χ2n) is 9.88. The highest BCUT2D eigenvalue weighted by atomic mass is 16.5. The van der Waals surface area contributed by atoms with Crippen molar-refractivity contribution < 1.29 is 23.9 Å². The number of morpholine rings is 1. The lowest BCUT2D eigenvalue weighted by atomic mass is 9.61. The highest BCUT2D eigenvalue weighted by Crippen LogP contribution is 2.36. The van der Waals surface area contributed by atoms with Crippen molar-refractivity contribution in [3.63, 3.8) is 0 Å². The zero-order chi connectivity index (χ0) is 24.6. The molecule has 5 rings (SSSR count). The molecular weight excluding hydrogens is 444 g/mol. The van der Waals surface area contributed by atoms with Gasteiger partial charge < -0.3 is 14.4 Å². The molecule has 0 spiro atoms. The van der Waals surface area contributed by atoms with Crippen LogP contribution in [0.2, 0.25) is 0 Å². The molecule has 2 fully saturated rings. The van der Waals surface area contributed by atoms with Crippen molar-refractivity contribution in [3.8, 4) is 5.75 Å². The van der Waals surface area contributed by atoms with Crippen molar-refractivity contribution in [3.05, 3.63) is 64.7 Å². The minimum absolute atomic E-state index is 0.203. The summed E-state index contributed by atoms with van der Waals surface area (Å²) < 4.78 is 11.9. The van der Waals surface area contributed by atoms with Gasteiger partial charge in [0.25, 0.3) is 5.91 Å². The van der Waals surface area contributed by atoms with Crippen LogP contribution in [-0.2, 0) is 32.8 Å². The lowest BCUT2D eigenvalue weighted by molar-refractivity contribution is -0.136. The molecule has 0 bridgehead atoms. The van der Waals surface area contributed by atoms with E-state index < -0.39 is 17.3 Å². The Kier molecular flexibility index (Phi) is 6.42. The van der Waals surface area contributed by atoms with Gasteiger partial charge in [-0.3, -0.25) is 24.6 Å². The lowest BCUT2D eigenvalue weighted by Crippen LogP contribution is -2.52. The smallest absolute Gasteiger partial charge is 0.255 e. The third-order valence-electron chi connectivity index (χ3n) is 7.06. The first-order chi connectivity index (χ1) is 16.8. The van der Waals surface area contributed by atoms with E-state index in [4.69, 9.17) is 9.47 Å². The summed E-state index contributed by atoms with van der Waals surface area (Å²) >= 11 is 0. The quantitative estimate of drug-likeness (QED) is 0.460. The zero-order valence-electron chi connectivity index (χ0n) is 20.2. The zero-order valence-corrected chi connectivity index (χ0v) is 20.2. The van der Waals surface area contributed by atoms with E-state index >= 15 is 0 Å². The number of rotatable bonds is 6. The summed E-state index contributed by atoms with van der Waals surface area (Å²) in [5, 5.41) is 1.72. The number of fused-ring (bicyclic) bond motifs is 1. The molecule has 35 heavy (non-hydrogen) atoms. The molecule has 180 valence electrons. The highest BCUT2D eigenvalue weighted by Gasteiger charge is 2.40. The molecule has 2 saturated heterocycles. The van der Waals surface area contributed by atoms with E-state index in [1.165, 1.54) is 5.56 Å². The van der Waals surface area contributed by atoms with E-state index in [9.17, 15) is 14.4 Å².